The van der Waals surface area contributed by atoms with Crippen LogP contribution < -0.4 is 5.56 Å². The molecule has 2 aliphatic carbocycles. The molecule has 0 amide bonds. The molecule has 0 fully saturated rings. The summed E-state index contributed by atoms with van der Waals surface area (Å²) in [5, 5.41) is 5.63. The van der Waals surface area contributed by atoms with Crippen molar-refractivity contribution >= 4 is 33.7 Å². The van der Waals surface area contributed by atoms with Crippen LogP contribution in [0.15, 0.2) is 33.3 Å². The molecule has 4 rings (SSSR count). The van der Waals surface area contributed by atoms with E-state index in [0.29, 0.717) is 12.8 Å². The second-order valence-electron chi connectivity index (χ2n) is 5.34. The van der Waals surface area contributed by atoms with Gasteiger partial charge < -0.3 is 9.72 Å². The van der Waals surface area contributed by atoms with Gasteiger partial charge in [0.15, 0.2) is 0 Å². The van der Waals surface area contributed by atoms with Crippen molar-refractivity contribution in [1.82, 2.24) is 4.98 Å². The molecule has 4 nitrogen and oxygen atoms in total. The molecule has 1 N–H and O–H groups in total. The zero-order valence-corrected chi connectivity index (χ0v) is 12.3. The number of aromatic nitrogens is 1. The number of thiophene rings is 1. The predicted molar refractivity (Wildman–Crippen MR) is 82.3 cm³/mol. The number of pyridine rings is 1. The first-order valence-corrected chi connectivity index (χ1v) is 7.74. The maximum Gasteiger partial charge on any atom is 0.313 e. The second-order valence-corrected chi connectivity index (χ2v) is 6.08. The summed E-state index contributed by atoms with van der Waals surface area (Å²) in [4.78, 5) is 27.1. The second kappa shape index (κ2) is 4.43. The first-order valence-electron chi connectivity index (χ1n) is 6.79. The zero-order valence-electron chi connectivity index (χ0n) is 11.4. The number of aromatic amines is 1. The van der Waals surface area contributed by atoms with Crippen molar-refractivity contribution in [2.45, 2.75) is 12.8 Å². The Morgan fingerprint density at radius 2 is 2.19 bits per heavy atom. The number of esters is 1. The highest BCUT2D eigenvalue weighted by Crippen LogP contribution is 2.42. The number of hydrogen-bond donors (Lipinski definition) is 1. The number of methoxy groups -OCH3 is 1. The quantitative estimate of drug-likeness (QED) is 0.824. The molecule has 2 aromatic rings. The molecule has 5 heteroatoms. The first-order chi connectivity index (χ1) is 10.2. The fraction of sp³-hybridized carbons (Fsp3) is 0.250. The van der Waals surface area contributed by atoms with Gasteiger partial charge in [-0.05, 0) is 34.9 Å². The zero-order chi connectivity index (χ0) is 14.6. The summed E-state index contributed by atoms with van der Waals surface area (Å²) in [6, 6.07) is 0. The lowest BCUT2D eigenvalue weighted by Gasteiger charge is -2.18. The summed E-state index contributed by atoms with van der Waals surface area (Å²) in [7, 11) is 1.42. The van der Waals surface area contributed by atoms with Gasteiger partial charge in [-0.2, -0.15) is 11.3 Å². The van der Waals surface area contributed by atoms with E-state index < -0.39 is 0 Å². The van der Waals surface area contributed by atoms with E-state index in [2.05, 4.69) is 4.98 Å². The minimum absolute atomic E-state index is 0.0626. The lowest BCUT2D eigenvalue weighted by atomic mass is 9.88. The SMILES string of the molecule is COC(=O)C1CC=CC2=C1Cc1c2[nH]c(=O)c2cscc12. The monoisotopic (exact) mass is 299 g/mol. The largest absolute Gasteiger partial charge is 0.469 e. The number of rotatable bonds is 1. The number of nitrogens with one attached hydrogen (secondary N) is 1. The Balaban J connectivity index is 1.93. The van der Waals surface area contributed by atoms with Crippen LogP contribution in [-0.4, -0.2) is 18.1 Å². The van der Waals surface area contributed by atoms with Crippen molar-refractivity contribution in [3.8, 4) is 0 Å². The highest BCUT2D eigenvalue weighted by Gasteiger charge is 2.34. The average molecular weight is 299 g/mol. The number of hydrogen-bond acceptors (Lipinski definition) is 4. The minimum atomic E-state index is -0.236. The average Bonchev–Trinajstić information content (AvgIpc) is 3.11. The molecular weight excluding hydrogens is 286 g/mol. The fourth-order valence-electron chi connectivity index (χ4n) is 3.30. The van der Waals surface area contributed by atoms with E-state index in [1.54, 1.807) is 0 Å². The van der Waals surface area contributed by atoms with E-state index in [9.17, 15) is 9.59 Å². The van der Waals surface area contributed by atoms with Crippen LogP contribution in [0.1, 0.15) is 17.7 Å². The van der Waals surface area contributed by atoms with E-state index in [-0.39, 0.29) is 17.4 Å². The molecule has 0 spiro atoms. The van der Waals surface area contributed by atoms with Crippen LogP contribution in [0.3, 0.4) is 0 Å². The molecule has 2 heterocycles. The van der Waals surface area contributed by atoms with Crippen molar-refractivity contribution in [1.29, 1.82) is 0 Å². The third-order valence-corrected chi connectivity index (χ3v) is 5.06. The van der Waals surface area contributed by atoms with Gasteiger partial charge in [0.05, 0.1) is 24.1 Å². The van der Waals surface area contributed by atoms with Crippen LogP contribution >= 0.6 is 11.3 Å². The molecule has 0 aliphatic heterocycles. The standard InChI is InChI=1S/C16H13NO3S/c1-20-16(19)9-4-2-3-8-10(9)5-11-12-6-21-7-13(12)15(18)17-14(8)11/h2-3,6-7,9H,4-5H2,1H3,(H,17,18). The van der Waals surface area contributed by atoms with Gasteiger partial charge in [-0.3, -0.25) is 9.59 Å². The molecular formula is C16H13NO3S. The number of fused-ring (bicyclic) bond motifs is 4. The van der Waals surface area contributed by atoms with Crippen LogP contribution in [0, 0.1) is 5.92 Å². The molecule has 2 aliphatic rings. The summed E-state index contributed by atoms with van der Waals surface area (Å²) >= 11 is 1.53. The molecule has 21 heavy (non-hydrogen) atoms. The van der Waals surface area contributed by atoms with Gasteiger partial charge >= 0.3 is 5.97 Å². The van der Waals surface area contributed by atoms with Crippen molar-refractivity contribution in [3.05, 3.63) is 50.1 Å². The molecule has 0 radical (unpaired) electrons. The summed E-state index contributed by atoms with van der Waals surface area (Å²) in [5.74, 6) is -0.442. The lowest BCUT2D eigenvalue weighted by Crippen LogP contribution is -2.20. The number of carbonyl (C=O) groups excluding carboxylic acids is 1. The van der Waals surface area contributed by atoms with Crippen LogP contribution in [0.25, 0.3) is 16.3 Å². The van der Waals surface area contributed by atoms with Crippen LogP contribution in [-0.2, 0) is 16.0 Å². The van der Waals surface area contributed by atoms with Crippen LogP contribution in [0.5, 0.6) is 0 Å². The van der Waals surface area contributed by atoms with Crippen molar-refractivity contribution in [2.75, 3.05) is 7.11 Å². The molecule has 106 valence electrons. The smallest absolute Gasteiger partial charge is 0.313 e. The van der Waals surface area contributed by atoms with Crippen molar-refractivity contribution < 1.29 is 9.53 Å². The van der Waals surface area contributed by atoms with E-state index in [1.165, 1.54) is 18.4 Å². The number of carbonyl (C=O) groups is 1. The molecule has 0 saturated heterocycles. The van der Waals surface area contributed by atoms with Gasteiger partial charge in [-0.25, -0.2) is 0 Å². The molecule has 0 aromatic carbocycles. The Bertz CT molecular complexity index is 885. The summed E-state index contributed by atoms with van der Waals surface area (Å²) in [6.07, 6.45) is 5.36. The number of ether oxygens (including phenoxy) is 1. The maximum atomic E-state index is 12.2. The lowest BCUT2D eigenvalue weighted by molar-refractivity contribution is -0.144. The maximum absolute atomic E-state index is 12.2. The topological polar surface area (TPSA) is 59.2 Å². The third-order valence-electron chi connectivity index (χ3n) is 4.32. The van der Waals surface area contributed by atoms with Crippen LogP contribution in [0.4, 0.5) is 0 Å². The minimum Gasteiger partial charge on any atom is -0.469 e. The van der Waals surface area contributed by atoms with E-state index in [4.69, 9.17) is 4.74 Å². The third kappa shape index (κ3) is 1.67. The molecule has 1 unspecified atom stereocenters. The van der Waals surface area contributed by atoms with Gasteiger partial charge in [0.2, 0.25) is 0 Å². The van der Waals surface area contributed by atoms with E-state index >= 15 is 0 Å². The molecule has 2 aromatic heterocycles. The van der Waals surface area contributed by atoms with Gasteiger partial charge in [0, 0.05) is 10.8 Å². The summed E-state index contributed by atoms with van der Waals surface area (Å²) < 4.78 is 4.92. The molecule has 0 bridgehead atoms. The van der Waals surface area contributed by atoms with E-state index in [1.807, 2.05) is 22.9 Å². The van der Waals surface area contributed by atoms with Gasteiger partial charge in [0.1, 0.15) is 0 Å². The Kier molecular flexibility index (Phi) is 2.65. The summed E-state index contributed by atoms with van der Waals surface area (Å²) in [6.45, 7) is 0. The Hall–Kier alpha value is -2.14. The van der Waals surface area contributed by atoms with Gasteiger partial charge in [-0.1, -0.05) is 12.2 Å². The van der Waals surface area contributed by atoms with Crippen LogP contribution in [0.2, 0.25) is 0 Å². The Morgan fingerprint density at radius 1 is 1.38 bits per heavy atom. The first kappa shape index (κ1) is 12.6. The highest BCUT2D eigenvalue weighted by molar-refractivity contribution is 7.09. The number of H-pyrrole nitrogens is 1. The summed E-state index contributed by atoms with van der Waals surface area (Å²) in [5.41, 5.74) is 3.97. The highest BCUT2D eigenvalue weighted by atomic mass is 32.1. The fourth-order valence-corrected chi connectivity index (χ4v) is 4.15. The van der Waals surface area contributed by atoms with Gasteiger partial charge in [-0.15, -0.1) is 0 Å². The van der Waals surface area contributed by atoms with Crippen molar-refractivity contribution in [2.24, 2.45) is 5.92 Å². The Morgan fingerprint density at radius 3 is 3.00 bits per heavy atom. The molecule has 0 saturated carbocycles. The predicted octanol–water partition coefficient (Wildman–Crippen LogP) is 2.65. The van der Waals surface area contributed by atoms with E-state index in [0.717, 1.165) is 33.2 Å². The number of allylic oxidation sites excluding steroid dienone is 3. The molecule has 1 atom stereocenters. The van der Waals surface area contributed by atoms with Gasteiger partial charge in [0.25, 0.3) is 5.56 Å². The normalized spacial score (nSPS) is 19.8. The van der Waals surface area contributed by atoms with Crippen molar-refractivity contribution in [3.63, 3.8) is 0 Å². The Labute approximate surface area is 124 Å².